The van der Waals surface area contributed by atoms with Crippen molar-refractivity contribution in [2.45, 2.75) is 50.5 Å². The molecule has 0 bridgehead atoms. The van der Waals surface area contributed by atoms with Gasteiger partial charge in [-0.15, -0.1) is 0 Å². The number of aryl methyl sites for hydroxylation is 1. The van der Waals surface area contributed by atoms with Gasteiger partial charge in [-0.2, -0.15) is 4.31 Å². The first-order valence-corrected chi connectivity index (χ1v) is 10.8. The van der Waals surface area contributed by atoms with E-state index in [9.17, 15) is 13.2 Å². The second-order valence-electron chi connectivity index (χ2n) is 7.34. The summed E-state index contributed by atoms with van der Waals surface area (Å²) in [6.07, 6.45) is 4.44. The Hall–Kier alpha value is -1.44. The molecular weight excluding hydrogens is 352 g/mol. The van der Waals surface area contributed by atoms with Crippen molar-refractivity contribution < 1.29 is 17.9 Å². The van der Waals surface area contributed by atoms with E-state index >= 15 is 0 Å². The first-order valence-electron chi connectivity index (χ1n) is 9.39. The first kappa shape index (κ1) is 19.3. The summed E-state index contributed by atoms with van der Waals surface area (Å²) in [6, 6.07) is 5.10. The normalized spacial score (nSPS) is 25.0. The van der Waals surface area contributed by atoms with Crippen LogP contribution in [0, 0.1) is 12.8 Å². The molecule has 6 nitrogen and oxygen atoms in total. The largest absolute Gasteiger partial charge is 0.379 e. The number of benzene rings is 1. The topological polar surface area (TPSA) is 75.7 Å². The van der Waals surface area contributed by atoms with Crippen LogP contribution in [0.25, 0.3) is 0 Å². The standard InChI is InChI=1S/C19H28N2O4S/c1-14-5-3-4-6-17(14)20-19(22)16-8-7-15(2)18(13-16)26(23,24)21-9-11-25-12-10-21/h7-8,13-14,17H,3-6,9-12H2,1-2H3,(H,20,22)/t14-,17+/m1/s1. The molecular formula is C19H28N2O4S. The number of morpholine rings is 1. The Morgan fingerprint density at radius 3 is 2.58 bits per heavy atom. The van der Waals surface area contributed by atoms with Crippen molar-refractivity contribution in [1.29, 1.82) is 0 Å². The third-order valence-electron chi connectivity index (χ3n) is 5.47. The Balaban J connectivity index is 1.81. The number of sulfonamides is 1. The Kier molecular flexibility index (Phi) is 5.99. The number of hydrogen-bond donors (Lipinski definition) is 1. The Labute approximate surface area is 156 Å². The van der Waals surface area contributed by atoms with Crippen LogP contribution in [0.4, 0.5) is 0 Å². The van der Waals surface area contributed by atoms with E-state index in [-0.39, 0.29) is 16.8 Å². The minimum absolute atomic E-state index is 0.164. The van der Waals surface area contributed by atoms with Crippen molar-refractivity contribution in [3.63, 3.8) is 0 Å². The predicted molar refractivity (Wildman–Crippen MR) is 99.6 cm³/mol. The second-order valence-corrected chi connectivity index (χ2v) is 9.24. The van der Waals surface area contributed by atoms with Crippen LogP contribution in [0.1, 0.15) is 48.5 Å². The van der Waals surface area contributed by atoms with Crippen LogP contribution in [0.15, 0.2) is 23.1 Å². The van der Waals surface area contributed by atoms with Crippen LogP contribution in [-0.4, -0.2) is 51.0 Å². The zero-order valence-electron chi connectivity index (χ0n) is 15.5. The van der Waals surface area contributed by atoms with E-state index in [4.69, 9.17) is 4.74 Å². The molecule has 1 heterocycles. The highest BCUT2D eigenvalue weighted by atomic mass is 32.2. The van der Waals surface area contributed by atoms with E-state index in [0.29, 0.717) is 43.3 Å². The third kappa shape index (κ3) is 4.10. The van der Waals surface area contributed by atoms with E-state index in [1.165, 1.54) is 16.8 Å². The van der Waals surface area contributed by atoms with Crippen LogP contribution in [0.2, 0.25) is 0 Å². The number of ether oxygens (including phenoxy) is 1. The maximum absolute atomic E-state index is 13.0. The van der Waals surface area contributed by atoms with Crippen LogP contribution < -0.4 is 5.32 Å². The molecule has 144 valence electrons. The highest BCUT2D eigenvalue weighted by molar-refractivity contribution is 7.89. The van der Waals surface area contributed by atoms with E-state index in [2.05, 4.69) is 12.2 Å². The van der Waals surface area contributed by atoms with Gasteiger partial charge in [-0.05, 0) is 43.4 Å². The molecule has 1 saturated carbocycles. The molecule has 1 aliphatic carbocycles. The van der Waals surface area contributed by atoms with E-state index in [1.54, 1.807) is 19.1 Å². The molecule has 1 saturated heterocycles. The fourth-order valence-electron chi connectivity index (χ4n) is 3.73. The second kappa shape index (κ2) is 8.06. The number of rotatable bonds is 4. The molecule has 2 fully saturated rings. The van der Waals surface area contributed by atoms with Crippen LogP contribution >= 0.6 is 0 Å². The summed E-state index contributed by atoms with van der Waals surface area (Å²) in [6.45, 7) is 5.41. The lowest BCUT2D eigenvalue weighted by Crippen LogP contribution is -2.42. The zero-order chi connectivity index (χ0) is 18.7. The quantitative estimate of drug-likeness (QED) is 0.870. The van der Waals surface area contributed by atoms with Crippen molar-refractivity contribution in [3.8, 4) is 0 Å². The minimum Gasteiger partial charge on any atom is -0.379 e. The van der Waals surface area contributed by atoms with Crippen molar-refractivity contribution in [1.82, 2.24) is 9.62 Å². The van der Waals surface area contributed by atoms with E-state index in [1.807, 2.05) is 0 Å². The minimum atomic E-state index is -3.62. The molecule has 1 amide bonds. The molecule has 0 spiro atoms. The number of amides is 1. The van der Waals surface area contributed by atoms with Gasteiger partial charge >= 0.3 is 0 Å². The van der Waals surface area contributed by atoms with Crippen LogP contribution in [0.5, 0.6) is 0 Å². The molecule has 26 heavy (non-hydrogen) atoms. The Morgan fingerprint density at radius 2 is 1.88 bits per heavy atom. The average Bonchev–Trinajstić information content (AvgIpc) is 2.64. The molecule has 1 aromatic carbocycles. The number of nitrogens with zero attached hydrogens (tertiary/aromatic N) is 1. The number of carbonyl (C=O) groups is 1. The van der Waals surface area contributed by atoms with Gasteiger partial charge in [0, 0.05) is 24.7 Å². The highest BCUT2D eigenvalue weighted by Crippen LogP contribution is 2.25. The van der Waals surface area contributed by atoms with Gasteiger partial charge in [0.2, 0.25) is 10.0 Å². The fraction of sp³-hybridized carbons (Fsp3) is 0.632. The molecule has 0 aromatic heterocycles. The first-order chi connectivity index (χ1) is 12.4. The summed E-state index contributed by atoms with van der Waals surface area (Å²) in [4.78, 5) is 12.9. The van der Waals surface area contributed by atoms with E-state index in [0.717, 1.165) is 19.3 Å². The van der Waals surface area contributed by atoms with Gasteiger partial charge in [0.1, 0.15) is 0 Å². The Bertz CT molecular complexity index is 757. The van der Waals surface area contributed by atoms with Gasteiger partial charge < -0.3 is 10.1 Å². The van der Waals surface area contributed by atoms with Gasteiger partial charge in [-0.1, -0.05) is 25.8 Å². The number of nitrogens with one attached hydrogen (secondary N) is 1. The lowest BCUT2D eigenvalue weighted by Gasteiger charge is -2.29. The van der Waals surface area contributed by atoms with Crippen LogP contribution in [-0.2, 0) is 14.8 Å². The SMILES string of the molecule is Cc1ccc(C(=O)N[C@H]2CCCC[C@H]2C)cc1S(=O)(=O)N1CCOCC1. The van der Waals surface area contributed by atoms with Gasteiger partial charge in [0.15, 0.2) is 0 Å². The summed E-state index contributed by atoms with van der Waals surface area (Å²) in [5.74, 6) is 0.261. The molecule has 1 aliphatic heterocycles. The van der Waals surface area contributed by atoms with Crippen molar-refractivity contribution in [2.24, 2.45) is 5.92 Å². The lowest BCUT2D eigenvalue weighted by atomic mass is 9.86. The summed E-state index contributed by atoms with van der Waals surface area (Å²) < 4.78 is 32.6. The summed E-state index contributed by atoms with van der Waals surface area (Å²) in [5, 5.41) is 3.10. The van der Waals surface area contributed by atoms with Gasteiger partial charge in [0.25, 0.3) is 5.91 Å². The van der Waals surface area contributed by atoms with Crippen molar-refractivity contribution in [3.05, 3.63) is 29.3 Å². The maximum Gasteiger partial charge on any atom is 0.251 e. The number of carbonyl (C=O) groups excluding carboxylic acids is 1. The Morgan fingerprint density at radius 1 is 1.19 bits per heavy atom. The summed E-state index contributed by atoms with van der Waals surface area (Å²) >= 11 is 0. The molecule has 7 heteroatoms. The van der Waals surface area contributed by atoms with E-state index < -0.39 is 10.0 Å². The number of hydrogen-bond acceptors (Lipinski definition) is 4. The smallest absolute Gasteiger partial charge is 0.251 e. The van der Waals surface area contributed by atoms with Crippen molar-refractivity contribution in [2.75, 3.05) is 26.3 Å². The van der Waals surface area contributed by atoms with Crippen LogP contribution in [0.3, 0.4) is 0 Å². The molecule has 0 unspecified atom stereocenters. The molecule has 1 aromatic rings. The molecule has 2 atom stereocenters. The lowest BCUT2D eigenvalue weighted by molar-refractivity contribution is 0.0730. The molecule has 0 radical (unpaired) electrons. The monoisotopic (exact) mass is 380 g/mol. The highest BCUT2D eigenvalue weighted by Gasteiger charge is 2.29. The van der Waals surface area contributed by atoms with Gasteiger partial charge in [-0.25, -0.2) is 8.42 Å². The predicted octanol–water partition coefficient (Wildman–Crippen LogP) is 2.32. The van der Waals surface area contributed by atoms with Gasteiger partial charge in [-0.3, -0.25) is 4.79 Å². The fourth-order valence-corrected chi connectivity index (χ4v) is 5.39. The summed E-state index contributed by atoms with van der Waals surface area (Å²) in [5.41, 5.74) is 1.05. The molecule has 2 aliphatic rings. The molecule has 3 rings (SSSR count). The van der Waals surface area contributed by atoms with Crippen molar-refractivity contribution >= 4 is 15.9 Å². The molecule has 1 N–H and O–H groups in total. The average molecular weight is 381 g/mol. The third-order valence-corrected chi connectivity index (χ3v) is 7.51. The summed E-state index contributed by atoms with van der Waals surface area (Å²) in [7, 11) is -3.62. The zero-order valence-corrected chi connectivity index (χ0v) is 16.3. The maximum atomic E-state index is 13.0. The van der Waals surface area contributed by atoms with Gasteiger partial charge in [0.05, 0.1) is 18.1 Å².